The van der Waals surface area contributed by atoms with Gasteiger partial charge in [0.05, 0.1) is 17.4 Å². The average molecular weight is 248 g/mol. The second-order valence-corrected chi connectivity index (χ2v) is 5.78. The Morgan fingerprint density at radius 1 is 1.56 bits per heavy atom. The van der Waals surface area contributed by atoms with Crippen LogP contribution in [0.15, 0.2) is 12.3 Å². The van der Waals surface area contributed by atoms with Crippen molar-refractivity contribution >= 4 is 17.4 Å². The van der Waals surface area contributed by atoms with Gasteiger partial charge in [0.15, 0.2) is 0 Å². The molecule has 1 amide bonds. The van der Waals surface area contributed by atoms with Gasteiger partial charge in [-0.1, -0.05) is 13.8 Å². The Bertz CT molecular complexity index is 470. The SMILES string of the molecule is CC1(C)CCC(Nc2ncc(N)cc2C(N)=O)C1. The van der Waals surface area contributed by atoms with Crippen LogP contribution in [0.5, 0.6) is 0 Å². The van der Waals surface area contributed by atoms with Gasteiger partial charge in [-0.2, -0.15) is 0 Å². The van der Waals surface area contributed by atoms with E-state index in [0.29, 0.717) is 28.5 Å². The summed E-state index contributed by atoms with van der Waals surface area (Å²) in [6.45, 7) is 4.50. The Balaban J connectivity index is 2.17. The molecular weight excluding hydrogens is 228 g/mol. The molecule has 1 aromatic heterocycles. The molecule has 2 rings (SSSR count). The normalized spacial score (nSPS) is 21.8. The first-order valence-corrected chi connectivity index (χ1v) is 6.19. The van der Waals surface area contributed by atoms with Crippen LogP contribution in [-0.4, -0.2) is 16.9 Å². The highest BCUT2D eigenvalue weighted by Crippen LogP contribution is 2.38. The maximum absolute atomic E-state index is 11.4. The van der Waals surface area contributed by atoms with E-state index in [2.05, 4.69) is 24.1 Å². The summed E-state index contributed by atoms with van der Waals surface area (Å²) in [6, 6.07) is 1.91. The number of carbonyl (C=O) groups is 1. The molecule has 5 nitrogen and oxygen atoms in total. The second kappa shape index (κ2) is 4.48. The lowest BCUT2D eigenvalue weighted by Crippen LogP contribution is -2.22. The number of hydrogen-bond acceptors (Lipinski definition) is 4. The summed E-state index contributed by atoms with van der Waals surface area (Å²) in [6.07, 6.45) is 4.86. The minimum absolute atomic E-state index is 0.342. The summed E-state index contributed by atoms with van der Waals surface area (Å²) in [5.74, 6) is 0.0361. The topological polar surface area (TPSA) is 94.0 Å². The van der Waals surface area contributed by atoms with Crippen LogP contribution < -0.4 is 16.8 Å². The van der Waals surface area contributed by atoms with E-state index in [1.165, 1.54) is 12.6 Å². The summed E-state index contributed by atoms with van der Waals surface area (Å²) < 4.78 is 0. The van der Waals surface area contributed by atoms with Crippen molar-refractivity contribution in [3.63, 3.8) is 0 Å². The van der Waals surface area contributed by atoms with Crippen molar-refractivity contribution in [3.8, 4) is 0 Å². The summed E-state index contributed by atoms with van der Waals surface area (Å²) in [4.78, 5) is 15.5. The van der Waals surface area contributed by atoms with Gasteiger partial charge >= 0.3 is 0 Å². The molecule has 5 heteroatoms. The summed E-state index contributed by atoms with van der Waals surface area (Å²) in [5, 5.41) is 3.31. The smallest absolute Gasteiger partial charge is 0.252 e. The van der Waals surface area contributed by atoms with Crippen molar-refractivity contribution in [2.24, 2.45) is 11.1 Å². The molecule has 1 atom stereocenters. The van der Waals surface area contributed by atoms with Gasteiger partial charge in [0.25, 0.3) is 5.91 Å². The average Bonchev–Trinajstić information content (AvgIpc) is 2.60. The van der Waals surface area contributed by atoms with Crippen LogP contribution in [-0.2, 0) is 0 Å². The lowest BCUT2D eigenvalue weighted by Gasteiger charge is -2.19. The Morgan fingerprint density at radius 2 is 2.28 bits per heavy atom. The van der Waals surface area contributed by atoms with E-state index in [4.69, 9.17) is 11.5 Å². The summed E-state index contributed by atoms with van der Waals surface area (Å²) in [5.41, 5.74) is 12.1. The van der Waals surface area contributed by atoms with Crippen LogP contribution in [0.3, 0.4) is 0 Å². The van der Waals surface area contributed by atoms with Gasteiger partial charge in [-0.3, -0.25) is 4.79 Å². The molecule has 1 unspecified atom stereocenters. The lowest BCUT2D eigenvalue weighted by atomic mass is 9.92. The quantitative estimate of drug-likeness (QED) is 0.759. The maximum atomic E-state index is 11.4. The number of nitrogens with two attached hydrogens (primary N) is 2. The van der Waals surface area contributed by atoms with Crippen molar-refractivity contribution in [1.29, 1.82) is 0 Å². The molecule has 98 valence electrons. The fourth-order valence-electron chi connectivity index (χ4n) is 2.54. The third kappa shape index (κ3) is 2.72. The van der Waals surface area contributed by atoms with Crippen LogP contribution >= 0.6 is 0 Å². The molecule has 18 heavy (non-hydrogen) atoms. The number of nitrogen functional groups attached to an aromatic ring is 1. The monoisotopic (exact) mass is 248 g/mol. The highest BCUT2D eigenvalue weighted by molar-refractivity contribution is 5.98. The number of pyridine rings is 1. The van der Waals surface area contributed by atoms with Gasteiger partial charge in [0.1, 0.15) is 5.82 Å². The fraction of sp³-hybridized carbons (Fsp3) is 0.538. The number of anilines is 2. The van der Waals surface area contributed by atoms with E-state index in [1.54, 1.807) is 6.07 Å². The molecule has 1 saturated carbocycles. The van der Waals surface area contributed by atoms with E-state index in [1.807, 2.05) is 0 Å². The van der Waals surface area contributed by atoms with Gasteiger partial charge in [-0.25, -0.2) is 4.98 Å². The highest BCUT2D eigenvalue weighted by atomic mass is 16.1. The number of amides is 1. The lowest BCUT2D eigenvalue weighted by molar-refractivity contribution is 0.100. The van der Waals surface area contributed by atoms with Gasteiger partial charge in [0.2, 0.25) is 0 Å². The molecule has 0 aromatic carbocycles. The maximum Gasteiger partial charge on any atom is 0.252 e. The van der Waals surface area contributed by atoms with E-state index < -0.39 is 5.91 Å². The first-order chi connectivity index (χ1) is 8.37. The molecule has 1 heterocycles. The van der Waals surface area contributed by atoms with Gasteiger partial charge < -0.3 is 16.8 Å². The Hall–Kier alpha value is -1.78. The first kappa shape index (κ1) is 12.7. The highest BCUT2D eigenvalue weighted by Gasteiger charge is 2.31. The van der Waals surface area contributed by atoms with Gasteiger partial charge in [-0.05, 0) is 30.7 Å². The van der Waals surface area contributed by atoms with Crippen LogP contribution in [0.25, 0.3) is 0 Å². The Labute approximate surface area is 107 Å². The van der Waals surface area contributed by atoms with E-state index in [-0.39, 0.29) is 0 Å². The number of rotatable bonds is 3. The van der Waals surface area contributed by atoms with Crippen LogP contribution in [0.1, 0.15) is 43.5 Å². The molecular formula is C13H20N4O. The predicted molar refractivity (Wildman–Crippen MR) is 72.2 cm³/mol. The zero-order valence-corrected chi connectivity index (χ0v) is 10.9. The molecule has 0 aliphatic heterocycles. The fourth-order valence-corrected chi connectivity index (χ4v) is 2.54. The molecule has 1 aliphatic carbocycles. The third-order valence-corrected chi connectivity index (χ3v) is 3.48. The van der Waals surface area contributed by atoms with Gasteiger partial charge in [0, 0.05) is 6.04 Å². The number of primary amides is 1. The van der Waals surface area contributed by atoms with E-state index in [9.17, 15) is 4.79 Å². The molecule has 1 aromatic rings. The second-order valence-electron chi connectivity index (χ2n) is 5.78. The van der Waals surface area contributed by atoms with Crippen LogP contribution in [0, 0.1) is 5.41 Å². The molecule has 1 aliphatic rings. The Morgan fingerprint density at radius 3 is 2.83 bits per heavy atom. The zero-order valence-electron chi connectivity index (χ0n) is 10.9. The van der Waals surface area contributed by atoms with Crippen LogP contribution in [0.2, 0.25) is 0 Å². The minimum atomic E-state index is -0.505. The summed E-state index contributed by atoms with van der Waals surface area (Å²) >= 11 is 0. The molecule has 0 spiro atoms. The van der Waals surface area contributed by atoms with Crippen molar-refractivity contribution in [1.82, 2.24) is 4.98 Å². The molecule has 0 saturated heterocycles. The van der Waals surface area contributed by atoms with Gasteiger partial charge in [-0.15, -0.1) is 0 Å². The summed E-state index contributed by atoms with van der Waals surface area (Å²) in [7, 11) is 0. The van der Waals surface area contributed by atoms with Crippen LogP contribution in [0.4, 0.5) is 11.5 Å². The van der Waals surface area contributed by atoms with Crippen molar-refractivity contribution in [2.75, 3.05) is 11.1 Å². The Kier molecular flexibility index (Phi) is 3.15. The largest absolute Gasteiger partial charge is 0.397 e. The predicted octanol–water partition coefficient (Wildman–Crippen LogP) is 1.75. The number of nitrogens with zero attached hydrogens (tertiary/aromatic N) is 1. The molecule has 5 N–H and O–H groups in total. The number of nitrogens with one attached hydrogen (secondary N) is 1. The standard InChI is InChI=1S/C13H20N4O/c1-13(2)4-3-9(6-13)17-12-10(11(15)18)5-8(14)7-16-12/h5,7,9H,3-4,6,14H2,1-2H3,(H2,15,18)(H,16,17). The number of carbonyl (C=O) groups excluding carboxylic acids is 1. The zero-order chi connectivity index (χ0) is 13.3. The van der Waals surface area contributed by atoms with E-state index in [0.717, 1.165) is 12.8 Å². The van der Waals surface area contributed by atoms with Crippen molar-refractivity contribution in [3.05, 3.63) is 17.8 Å². The van der Waals surface area contributed by atoms with E-state index >= 15 is 0 Å². The van der Waals surface area contributed by atoms with Crippen molar-refractivity contribution < 1.29 is 4.79 Å². The minimum Gasteiger partial charge on any atom is -0.397 e. The van der Waals surface area contributed by atoms with Crippen molar-refractivity contribution in [2.45, 2.75) is 39.2 Å². The molecule has 0 bridgehead atoms. The number of aromatic nitrogens is 1. The molecule has 0 radical (unpaired) electrons. The number of hydrogen-bond donors (Lipinski definition) is 3. The molecule has 1 fully saturated rings. The first-order valence-electron chi connectivity index (χ1n) is 6.19. The third-order valence-electron chi connectivity index (χ3n) is 3.48.